The summed E-state index contributed by atoms with van der Waals surface area (Å²) in [6.07, 6.45) is 2.62. The second-order valence-corrected chi connectivity index (χ2v) is 4.36. The Morgan fingerprint density at radius 3 is 2.84 bits per heavy atom. The topological polar surface area (TPSA) is 60.4 Å². The Hall–Kier alpha value is -1.78. The van der Waals surface area contributed by atoms with Crippen molar-refractivity contribution in [2.24, 2.45) is 0 Å². The fourth-order valence-corrected chi connectivity index (χ4v) is 1.78. The number of benzene rings is 1. The molecule has 102 valence electrons. The van der Waals surface area contributed by atoms with Crippen LogP contribution in [-0.2, 0) is 17.9 Å². The van der Waals surface area contributed by atoms with E-state index in [0.29, 0.717) is 6.61 Å². The summed E-state index contributed by atoms with van der Waals surface area (Å²) < 4.78 is 10.7. The van der Waals surface area contributed by atoms with Crippen LogP contribution in [-0.4, -0.2) is 13.2 Å². The molecular weight excluding hydrogens is 240 g/mol. The van der Waals surface area contributed by atoms with E-state index < -0.39 is 0 Å². The number of hydrogen-bond donors (Lipinski definition) is 2. The van der Waals surface area contributed by atoms with Gasteiger partial charge in [0.15, 0.2) is 0 Å². The van der Waals surface area contributed by atoms with Crippen LogP contribution >= 0.6 is 0 Å². The van der Waals surface area contributed by atoms with Crippen LogP contribution in [0.5, 0.6) is 0 Å². The van der Waals surface area contributed by atoms with Gasteiger partial charge in [-0.2, -0.15) is 0 Å². The Labute approximate surface area is 113 Å². The van der Waals surface area contributed by atoms with Gasteiger partial charge in [-0.25, -0.2) is 0 Å². The quantitative estimate of drug-likeness (QED) is 0.565. The molecule has 0 saturated carbocycles. The fourth-order valence-electron chi connectivity index (χ4n) is 1.78. The maximum absolute atomic E-state index is 5.86. The van der Waals surface area contributed by atoms with Gasteiger partial charge >= 0.3 is 0 Å². The Balaban J connectivity index is 1.52. The average molecular weight is 260 g/mol. The van der Waals surface area contributed by atoms with Crippen LogP contribution in [0.1, 0.15) is 17.7 Å². The highest BCUT2D eigenvalue weighted by atomic mass is 16.5. The summed E-state index contributed by atoms with van der Waals surface area (Å²) >= 11 is 0. The lowest BCUT2D eigenvalue weighted by molar-refractivity contribution is 0.104. The first-order valence-electron chi connectivity index (χ1n) is 6.50. The summed E-state index contributed by atoms with van der Waals surface area (Å²) in [5, 5.41) is 3.35. The number of hydrogen-bond acceptors (Lipinski definition) is 4. The third-order valence-electron chi connectivity index (χ3n) is 2.84. The molecule has 0 atom stereocenters. The molecule has 0 aliphatic rings. The van der Waals surface area contributed by atoms with Crippen LogP contribution in [0.15, 0.2) is 47.1 Å². The monoisotopic (exact) mass is 260 g/mol. The van der Waals surface area contributed by atoms with Gasteiger partial charge in [0.05, 0.1) is 6.26 Å². The van der Waals surface area contributed by atoms with Crippen molar-refractivity contribution in [3.63, 3.8) is 0 Å². The van der Waals surface area contributed by atoms with E-state index in [-0.39, 0.29) is 0 Å². The van der Waals surface area contributed by atoms with Crippen LogP contribution in [0.3, 0.4) is 0 Å². The lowest BCUT2D eigenvalue weighted by Crippen LogP contribution is -2.17. The van der Waals surface area contributed by atoms with Crippen molar-refractivity contribution in [1.29, 1.82) is 0 Å². The zero-order valence-corrected chi connectivity index (χ0v) is 11.0. The van der Waals surface area contributed by atoms with Gasteiger partial charge < -0.3 is 20.2 Å². The summed E-state index contributed by atoms with van der Waals surface area (Å²) in [7, 11) is 0. The smallest absolute Gasteiger partial charge is 0.129 e. The van der Waals surface area contributed by atoms with E-state index in [4.69, 9.17) is 14.9 Å². The molecule has 0 amide bonds. The van der Waals surface area contributed by atoms with Gasteiger partial charge in [0.1, 0.15) is 12.4 Å². The highest BCUT2D eigenvalue weighted by Gasteiger charge is 1.97. The molecule has 0 fully saturated rings. The Morgan fingerprint density at radius 2 is 2.05 bits per heavy atom. The maximum Gasteiger partial charge on any atom is 0.129 e. The molecule has 19 heavy (non-hydrogen) atoms. The number of anilines is 1. The third-order valence-corrected chi connectivity index (χ3v) is 2.84. The van der Waals surface area contributed by atoms with Crippen molar-refractivity contribution in [1.82, 2.24) is 5.32 Å². The predicted molar refractivity (Wildman–Crippen MR) is 75.5 cm³/mol. The molecule has 2 aromatic rings. The van der Waals surface area contributed by atoms with Crippen molar-refractivity contribution in [3.8, 4) is 0 Å². The Morgan fingerprint density at radius 1 is 1.16 bits per heavy atom. The number of nitrogens with one attached hydrogen (secondary N) is 1. The first kappa shape index (κ1) is 13.6. The molecule has 0 aliphatic heterocycles. The second-order valence-electron chi connectivity index (χ2n) is 4.36. The summed E-state index contributed by atoms with van der Waals surface area (Å²) in [5.74, 6) is 0.866. The number of furan rings is 1. The van der Waals surface area contributed by atoms with Gasteiger partial charge in [-0.05, 0) is 36.7 Å². The van der Waals surface area contributed by atoms with Gasteiger partial charge in [-0.1, -0.05) is 18.2 Å². The normalized spacial score (nSPS) is 10.7. The molecule has 1 aromatic heterocycles. The molecule has 0 bridgehead atoms. The van der Waals surface area contributed by atoms with Crippen LogP contribution < -0.4 is 11.1 Å². The first-order chi connectivity index (χ1) is 9.36. The zero-order chi connectivity index (χ0) is 13.3. The average Bonchev–Trinajstić information content (AvgIpc) is 2.93. The molecule has 0 spiro atoms. The number of nitrogens with two attached hydrogens (primary N) is 1. The molecule has 3 N–H and O–H groups in total. The molecule has 0 unspecified atom stereocenters. The number of rotatable bonds is 8. The molecule has 0 aliphatic carbocycles. The van der Waals surface area contributed by atoms with Crippen molar-refractivity contribution >= 4 is 5.69 Å². The molecule has 0 radical (unpaired) electrons. The van der Waals surface area contributed by atoms with Crippen LogP contribution in [0, 0.1) is 0 Å². The molecule has 4 nitrogen and oxygen atoms in total. The van der Waals surface area contributed by atoms with E-state index >= 15 is 0 Å². The molecule has 0 saturated heterocycles. The predicted octanol–water partition coefficient (Wildman–Crippen LogP) is 2.56. The maximum atomic E-state index is 5.86. The molecular formula is C15H20N2O2. The van der Waals surface area contributed by atoms with Gasteiger partial charge in [-0.3, -0.25) is 0 Å². The number of ether oxygens (including phenoxy) is 1. The minimum absolute atomic E-state index is 0.540. The zero-order valence-electron chi connectivity index (χ0n) is 11.0. The van der Waals surface area contributed by atoms with E-state index in [0.717, 1.165) is 43.1 Å². The fraction of sp³-hybridized carbons (Fsp3) is 0.333. The van der Waals surface area contributed by atoms with Crippen LogP contribution in [0.2, 0.25) is 0 Å². The van der Waals surface area contributed by atoms with Crippen LogP contribution in [0.4, 0.5) is 5.69 Å². The molecule has 2 rings (SSSR count). The Bertz CT molecular complexity index is 469. The highest BCUT2D eigenvalue weighted by molar-refractivity contribution is 5.46. The van der Waals surface area contributed by atoms with Gasteiger partial charge in [0.25, 0.3) is 0 Å². The summed E-state index contributed by atoms with van der Waals surface area (Å²) in [6.45, 7) is 2.97. The minimum atomic E-state index is 0.540. The van der Waals surface area contributed by atoms with E-state index in [1.54, 1.807) is 6.26 Å². The summed E-state index contributed by atoms with van der Waals surface area (Å²) in [5.41, 5.74) is 7.84. The SMILES string of the molecule is Nc1ccccc1CNCCCOCc1ccco1. The van der Waals surface area contributed by atoms with Crippen LogP contribution in [0.25, 0.3) is 0 Å². The van der Waals surface area contributed by atoms with Crippen molar-refractivity contribution in [2.75, 3.05) is 18.9 Å². The van der Waals surface area contributed by atoms with Crippen molar-refractivity contribution < 1.29 is 9.15 Å². The summed E-state index contributed by atoms with van der Waals surface area (Å²) in [6, 6.07) is 11.7. The first-order valence-corrected chi connectivity index (χ1v) is 6.50. The standard InChI is InChI=1S/C15H20N2O2/c16-15-7-2-1-5-13(15)11-17-8-4-9-18-12-14-6-3-10-19-14/h1-3,5-7,10,17H,4,8-9,11-12,16H2. The lowest BCUT2D eigenvalue weighted by atomic mass is 10.2. The third kappa shape index (κ3) is 4.77. The van der Waals surface area contributed by atoms with Crippen molar-refractivity contribution in [2.45, 2.75) is 19.6 Å². The van der Waals surface area contributed by atoms with E-state index in [2.05, 4.69) is 5.32 Å². The van der Waals surface area contributed by atoms with Gasteiger partial charge in [0, 0.05) is 18.8 Å². The van der Waals surface area contributed by atoms with Gasteiger partial charge in [-0.15, -0.1) is 0 Å². The van der Waals surface area contributed by atoms with E-state index in [9.17, 15) is 0 Å². The lowest BCUT2D eigenvalue weighted by Gasteiger charge is -2.07. The number of nitrogen functional groups attached to an aromatic ring is 1. The highest BCUT2D eigenvalue weighted by Crippen LogP contribution is 2.09. The largest absolute Gasteiger partial charge is 0.467 e. The van der Waals surface area contributed by atoms with E-state index in [1.807, 2.05) is 36.4 Å². The molecule has 1 aromatic carbocycles. The van der Waals surface area contributed by atoms with Crippen molar-refractivity contribution in [3.05, 3.63) is 54.0 Å². The Kier molecular flexibility index (Phi) is 5.47. The molecule has 4 heteroatoms. The summed E-state index contributed by atoms with van der Waals surface area (Å²) in [4.78, 5) is 0. The number of para-hydroxylation sites is 1. The second kappa shape index (κ2) is 7.61. The molecule has 1 heterocycles. The van der Waals surface area contributed by atoms with Gasteiger partial charge in [0.2, 0.25) is 0 Å². The minimum Gasteiger partial charge on any atom is -0.467 e. The van der Waals surface area contributed by atoms with E-state index in [1.165, 1.54) is 0 Å².